The Bertz CT molecular complexity index is 624. The Kier molecular flexibility index (Phi) is 8.57. The summed E-state index contributed by atoms with van der Waals surface area (Å²) in [5.41, 5.74) is 1.34. The Hall–Kier alpha value is -1.60. The summed E-state index contributed by atoms with van der Waals surface area (Å²) in [5.74, 6) is 1.03. The van der Waals surface area contributed by atoms with Gasteiger partial charge in [-0.25, -0.2) is 0 Å². The van der Waals surface area contributed by atoms with Crippen molar-refractivity contribution in [2.75, 3.05) is 53.4 Å². The zero-order valence-electron chi connectivity index (χ0n) is 16.9. The molecule has 1 saturated heterocycles. The van der Waals surface area contributed by atoms with Crippen LogP contribution in [-0.2, 0) is 4.79 Å². The highest BCUT2D eigenvalue weighted by atomic mass is 79.9. The first-order valence-corrected chi connectivity index (χ1v) is 10.4. The average molecular weight is 438 g/mol. The standard InChI is InChI=1S/C20H32BrN5O/c1-5-22-20(23-11-10-19(27)24(3)4)26-14-12-25(13-15-26)16(2)17-6-8-18(21)9-7-17/h6-9,16H,5,10-15H2,1-4H3,(H,22,23). The van der Waals surface area contributed by atoms with Gasteiger partial charge in [0, 0.05) is 63.8 Å². The molecular formula is C20H32BrN5O. The van der Waals surface area contributed by atoms with Crippen LogP contribution in [0, 0.1) is 0 Å². The molecule has 1 unspecified atom stereocenters. The minimum Gasteiger partial charge on any atom is -0.357 e. The van der Waals surface area contributed by atoms with Gasteiger partial charge in [0.25, 0.3) is 0 Å². The third-order valence-corrected chi connectivity index (χ3v) is 5.46. The normalized spacial score (nSPS) is 16.9. The fourth-order valence-corrected chi connectivity index (χ4v) is 3.44. The molecule has 6 nitrogen and oxygen atoms in total. The van der Waals surface area contributed by atoms with E-state index in [0.29, 0.717) is 19.0 Å². The largest absolute Gasteiger partial charge is 0.357 e. The topological polar surface area (TPSA) is 51.2 Å². The second-order valence-electron chi connectivity index (χ2n) is 7.02. The van der Waals surface area contributed by atoms with E-state index < -0.39 is 0 Å². The number of hydrogen-bond acceptors (Lipinski definition) is 3. The fraction of sp³-hybridized carbons (Fsp3) is 0.600. The highest BCUT2D eigenvalue weighted by molar-refractivity contribution is 9.10. The van der Waals surface area contributed by atoms with Crippen LogP contribution in [0.5, 0.6) is 0 Å². The van der Waals surface area contributed by atoms with Gasteiger partial charge in [-0.05, 0) is 31.5 Å². The number of nitrogens with one attached hydrogen (secondary N) is 1. The zero-order chi connectivity index (χ0) is 19.8. The summed E-state index contributed by atoms with van der Waals surface area (Å²) in [4.78, 5) is 22.8. The van der Waals surface area contributed by atoms with E-state index in [-0.39, 0.29) is 5.91 Å². The van der Waals surface area contributed by atoms with Crippen LogP contribution >= 0.6 is 15.9 Å². The molecule has 0 spiro atoms. The number of carbonyl (C=O) groups excluding carboxylic acids is 1. The number of rotatable bonds is 6. The van der Waals surface area contributed by atoms with Crippen molar-refractivity contribution in [1.82, 2.24) is 20.0 Å². The number of benzene rings is 1. The summed E-state index contributed by atoms with van der Waals surface area (Å²) in [7, 11) is 3.56. The molecule has 2 rings (SSSR count). The molecule has 27 heavy (non-hydrogen) atoms. The number of carbonyl (C=O) groups is 1. The molecule has 1 heterocycles. The zero-order valence-corrected chi connectivity index (χ0v) is 18.5. The van der Waals surface area contributed by atoms with Crippen LogP contribution in [0.4, 0.5) is 0 Å². The quantitative estimate of drug-likeness (QED) is 0.548. The number of nitrogens with zero attached hydrogens (tertiary/aromatic N) is 4. The molecule has 1 fully saturated rings. The van der Waals surface area contributed by atoms with Crippen LogP contribution in [0.2, 0.25) is 0 Å². The second-order valence-corrected chi connectivity index (χ2v) is 7.94. The molecule has 1 atom stereocenters. The van der Waals surface area contributed by atoms with Crippen molar-refractivity contribution in [1.29, 1.82) is 0 Å². The summed E-state index contributed by atoms with van der Waals surface area (Å²) in [5, 5.41) is 3.36. The highest BCUT2D eigenvalue weighted by Crippen LogP contribution is 2.23. The summed E-state index contributed by atoms with van der Waals surface area (Å²) >= 11 is 3.50. The average Bonchev–Trinajstić information content (AvgIpc) is 2.67. The van der Waals surface area contributed by atoms with Crippen molar-refractivity contribution < 1.29 is 4.79 Å². The number of hydrogen-bond donors (Lipinski definition) is 1. The van der Waals surface area contributed by atoms with E-state index in [1.54, 1.807) is 19.0 Å². The third kappa shape index (κ3) is 6.50. The lowest BCUT2D eigenvalue weighted by Gasteiger charge is -2.39. The first-order chi connectivity index (χ1) is 12.9. The minimum atomic E-state index is 0.114. The van der Waals surface area contributed by atoms with Gasteiger partial charge in [0.2, 0.25) is 5.91 Å². The van der Waals surface area contributed by atoms with Gasteiger partial charge in [0.15, 0.2) is 5.96 Å². The lowest BCUT2D eigenvalue weighted by molar-refractivity contribution is -0.128. The van der Waals surface area contributed by atoms with Gasteiger partial charge >= 0.3 is 0 Å². The van der Waals surface area contributed by atoms with Gasteiger partial charge in [0.05, 0.1) is 6.54 Å². The van der Waals surface area contributed by atoms with Crippen LogP contribution in [0.3, 0.4) is 0 Å². The molecule has 0 aliphatic carbocycles. The Morgan fingerprint density at radius 1 is 1.22 bits per heavy atom. The maximum Gasteiger partial charge on any atom is 0.223 e. The third-order valence-electron chi connectivity index (χ3n) is 4.93. The first-order valence-electron chi connectivity index (χ1n) is 9.65. The first kappa shape index (κ1) is 21.7. The lowest BCUT2D eigenvalue weighted by Crippen LogP contribution is -2.52. The van der Waals surface area contributed by atoms with Crippen molar-refractivity contribution in [3.8, 4) is 0 Å². The number of aliphatic imine (C=N–C) groups is 1. The maximum atomic E-state index is 11.7. The van der Waals surface area contributed by atoms with E-state index >= 15 is 0 Å². The summed E-state index contributed by atoms with van der Waals surface area (Å²) < 4.78 is 1.11. The monoisotopic (exact) mass is 437 g/mol. The molecular weight excluding hydrogens is 406 g/mol. The van der Waals surface area contributed by atoms with Crippen molar-refractivity contribution in [2.45, 2.75) is 26.3 Å². The lowest BCUT2D eigenvalue weighted by atomic mass is 10.1. The molecule has 0 saturated carbocycles. The Labute approximate surface area is 171 Å². The van der Waals surface area contributed by atoms with Crippen LogP contribution < -0.4 is 5.32 Å². The highest BCUT2D eigenvalue weighted by Gasteiger charge is 2.23. The van der Waals surface area contributed by atoms with Crippen LogP contribution in [-0.4, -0.2) is 79.9 Å². The van der Waals surface area contributed by atoms with E-state index in [1.165, 1.54) is 5.56 Å². The molecule has 1 amide bonds. The molecule has 150 valence electrons. The molecule has 1 aromatic rings. The molecule has 0 bridgehead atoms. The van der Waals surface area contributed by atoms with Crippen molar-refractivity contribution in [3.05, 3.63) is 34.3 Å². The van der Waals surface area contributed by atoms with E-state index in [9.17, 15) is 4.79 Å². The van der Waals surface area contributed by atoms with E-state index in [0.717, 1.165) is 43.2 Å². The smallest absolute Gasteiger partial charge is 0.223 e. The minimum absolute atomic E-state index is 0.114. The Balaban J connectivity index is 1.90. The fourth-order valence-electron chi connectivity index (χ4n) is 3.18. The van der Waals surface area contributed by atoms with Gasteiger partial charge in [0.1, 0.15) is 0 Å². The molecule has 0 aromatic heterocycles. The molecule has 1 aromatic carbocycles. The number of halogens is 1. The molecule has 0 radical (unpaired) electrons. The van der Waals surface area contributed by atoms with Gasteiger partial charge in [-0.1, -0.05) is 28.1 Å². The Morgan fingerprint density at radius 3 is 2.41 bits per heavy atom. The second kappa shape index (κ2) is 10.7. The maximum absolute atomic E-state index is 11.7. The van der Waals surface area contributed by atoms with Crippen LogP contribution in [0.15, 0.2) is 33.7 Å². The number of piperazine rings is 1. The summed E-state index contributed by atoms with van der Waals surface area (Å²) in [6.45, 7) is 9.57. The van der Waals surface area contributed by atoms with Gasteiger partial charge < -0.3 is 15.1 Å². The molecule has 1 N–H and O–H groups in total. The van der Waals surface area contributed by atoms with E-state index in [4.69, 9.17) is 0 Å². The van der Waals surface area contributed by atoms with E-state index in [1.807, 2.05) is 0 Å². The molecule has 7 heteroatoms. The summed E-state index contributed by atoms with van der Waals surface area (Å²) in [6, 6.07) is 8.99. The molecule has 1 aliphatic rings. The van der Waals surface area contributed by atoms with Gasteiger partial charge in [-0.2, -0.15) is 0 Å². The summed E-state index contributed by atoms with van der Waals surface area (Å²) in [6.07, 6.45) is 0.447. The van der Waals surface area contributed by atoms with Crippen molar-refractivity contribution in [2.24, 2.45) is 4.99 Å². The van der Waals surface area contributed by atoms with Crippen molar-refractivity contribution >= 4 is 27.8 Å². The molecule has 1 aliphatic heterocycles. The number of amides is 1. The van der Waals surface area contributed by atoms with Crippen LogP contribution in [0.25, 0.3) is 0 Å². The van der Waals surface area contributed by atoms with Gasteiger partial charge in [-0.15, -0.1) is 0 Å². The SMILES string of the molecule is CCNC(=NCCC(=O)N(C)C)N1CCN(C(C)c2ccc(Br)cc2)CC1. The predicted molar refractivity (Wildman–Crippen MR) is 115 cm³/mol. The Morgan fingerprint density at radius 2 is 1.85 bits per heavy atom. The van der Waals surface area contributed by atoms with Crippen molar-refractivity contribution in [3.63, 3.8) is 0 Å². The van der Waals surface area contributed by atoms with Crippen LogP contribution in [0.1, 0.15) is 31.9 Å². The predicted octanol–water partition coefficient (Wildman–Crippen LogP) is 2.57. The number of guanidine groups is 1. The van der Waals surface area contributed by atoms with E-state index in [2.05, 4.69) is 74.2 Å². The van der Waals surface area contributed by atoms with Gasteiger partial charge in [-0.3, -0.25) is 14.7 Å².